The SMILES string of the molecule is CCc1cc(C(=O)O)cc(N2CCCC3CCCCC32)n1. The van der Waals surface area contributed by atoms with E-state index in [1.165, 1.54) is 38.5 Å². The molecule has 21 heavy (non-hydrogen) atoms. The maximum absolute atomic E-state index is 11.3. The van der Waals surface area contributed by atoms with Crippen LogP contribution in [0.4, 0.5) is 5.82 Å². The number of piperidine rings is 1. The van der Waals surface area contributed by atoms with Gasteiger partial charge in [0, 0.05) is 18.3 Å². The number of carboxylic acids is 1. The van der Waals surface area contributed by atoms with Crippen LogP contribution in [-0.2, 0) is 6.42 Å². The first-order valence-electron chi connectivity index (χ1n) is 8.20. The molecule has 2 fully saturated rings. The van der Waals surface area contributed by atoms with Gasteiger partial charge in [0.2, 0.25) is 0 Å². The van der Waals surface area contributed by atoms with Crippen molar-refractivity contribution < 1.29 is 9.90 Å². The summed E-state index contributed by atoms with van der Waals surface area (Å²) in [5.74, 6) is 0.793. The van der Waals surface area contributed by atoms with Crippen LogP contribution in [-0.4, -0.2) is 28.6 Å². The fourth-order valence-corrected chi connectivity index (χ4v) is 3.93. The molecule has 4 nitrogen and oxygen atoms in total. The molecule has 0 spiro atoms. The zero-order valence-corrected chi connectivity index (χ0v) is 12.7. The highest BCUT2D eigenvalue weighted by molar-refractivity contribution is 5.88. The van der Waals surface area contributed by atoms with Crippen LogP contribution in [0.3, 0.4) is 0 Å². The third kappa shape index (κ3) is 2.89. The Hall–Kier alpha value is -1.58. The van der Waals surface area contributed by atoms with Crippen molar-refractivity contribution in [1.29, 1.82) is 0 Å². The van der Waals surface area contributed by atoms with E-state index in [9.17, 15) is 9.90 Å². The van der Waals surface area contributed by atoms with Gasteiger partial charge in [0.15, 0.2) is 0 Å². The van der Waals surface area contributed by atoms with Gasteiger partial charge in [-0.25, -0.2) is 9.78 Å². The summed E-state index contributed by atoms with van der Waals surface area (Å²) in [6, 6.07) is 4.03. The van der Waals surface area contributed by atoms with E-state index in [1.54, 1.807) is 12.1 Å². The number of carboxylic acid groups (broad SMARTS) is 1. The molecule has 2 aliphatic rings. The average Bonchev–Trinajstić information content (AvgIpc) is 2.53. The third-order valence-electron chi connectivity index (χ3n) is 5.01. The molecule has 2 unspecified atom stereocenters. The molecule has 0 radical (unpaired) electrons. The van der Waals surface area contributed by atoms with Crippen molar-refractivity contribution in [2.75, 3.05) is 11.4 Å². The maximum Gasteiger partial charge on any atom is 0.335 e. The topological polar surface area (TPSA) is 53.4 Å². The number of anilines is 1. The number of hydrogen-bond acceptors (Lipinski definition) is 3. The van der Waals surface area contributed by atoms with Gasteiger partial charge in [-0.1, -0.05) is 19.8 Å². The summed E-state index contributed by atoms with van der Waals surface area (Å²) in [5, 5.41) is 9.31. The number of rotatable bonds is 3. The van der Waals surface area contributed by atoms with Crippen molar-refractivity contribution in [3.05, 3.63) is 23.4 Å². The molecule has 1 aromatic heterocycles. The Morgan fingerprint density at radius 2 is 2.05 bits per heavy atom. The number of aromatic carboxylic acids is 1. The fraction of sp³-hybridized carbons (Fsp3) is 0.647. The molecule has 114 valence electrons. The molecule has 1 aromatic rings. The fourth-order valence-electron chi connectivity index (χ4n) is 3.93. The van der Waals surface area contributed by atoms with Crippen molar-refractivity contribution in [3.63, 3.8) is 0 Å². The van der Waals surface area contributed by atoms with E-state index in [-0.39, 0.29) is 0 Å². The Bertz CT molecular complexity index is 528. The molecule has 4 heteroatoms. The first-order chi connectivity index (χ1) is 10.2. The minimum atomic E-state index is -0.856. The van der Waals surface area contributed by atoms with Crippen LogP contribution in [0.5, 0.6) is 0 Å². The van der Waals surface area contributed by atoms with Gasteiger partial charge in [-0.15, -0.1) is 0 Å². The van der Waals surface area contributed by atoms with Gasteiger partial charge in [0.05, 0.1) is 5.56 Å². The zero-order valence-electron chi connectivity index (χ0n) is 12.7. The lowest BCUT2D eigenvalue weighted by atomic mass is 9.78. The van der Waals surface area contributed by atoms with Crippen molar-refractivity contribution >= 4 is 11.8 Å². The summed E-state index contributed by atoms with van der Waals surface area (Å²) in [4.78, 5) is 18.4. The largest absolute Gasteiger partial charge is 0.478 e. The van der Waals surface area contributed by atoms with Gasteiger partial charge in [-0.2, -0.15) is 0 Å². The Balaban J connectivity index is 1.94. The lowest BCUT2D eigenvalue weighted by molar-refractivity contribution is 0.0696. The highest BCUT2D eigenvalue weighted by Crippen LogP contribution is 2.37. The molecule has 2 heterocycles. The summed E-state index contributed by atoms with van der Waals surface area (Å²) in [6.45, 7) is 3.04. The number of fused-ring (bicyclic) bond motifs is 1. The predicted molar refractivity (Wildman–Crippen MR) is 82.9 cm³/mol. The van der Waals surface area contributed by atoms with E-state index >= 15 is 0 Å². The lowest BCUT2D eigenvalue weighted by Crippen LogP contribution is -2.47. The molecular weight excluding hydrogens is 264 g/mol. The minimum absolute atomic E-state index is 0.370. The van der Waals surface area contributed by atoms with Gasteiger partial charge in [0.1, 0.15) is 5.82 Å². The normalized spacial score (nSPS) is 25.5. The van der Waals surface area contributed by atoms with E-state index in [0.29, 0.717) is 11.6 Å². The molecule has 1 aliphatic carbocycles. The number of aryl methyl sites for hydroxylation is 1. The molecule has 1 N–H and O–H groups in total. The second-order valence-electron chi connectivity index (χ2n) is 6.31. The van der Waals surface area contributed by atoms with E-state index in [2.05, 4.69) is 4.90 Å². The van der Waals surface area contributed by atoms with Crippen molar-refractivity contribution in [3.8, 4) is 0 Å². The molecule has 2 atom stereocenters. The van der Waals surface area contributed by atoms with Gasteiger partial charge in [0.25, 0.3) is 0 Å². The molecule has 1 saturated heterocycles. The molecule has 3 rings (SSSR count). The van der Waals surface area contributed by atoms with Crippen LogP contribution >= 0.6 is 0 Å². The van der Waals surface area contributed by atoms with Crippen molar-refractivity contribution in [2.45, 2.75) is 57.9 Å². The smallest absolute Gasteiger partial charge is 0.335 e. The van der Waals surface area contributed by atoms with Gasteiger partial charge < -0.3 is 10.0 Å². The van der Waals surface area contributed by atoms with Crippen molar-refractivity contribution in [2.24, 2.45) is 5.92 Å². The molecule has 1 aliphatic heterocycles. The summed E-state index contributed by atoms with van der Waals surface area (Å²) >= 11 is 0. The van der Waals surface area contributed by atoms with E-state index in [1.807, 2.05) is 6.92 Å². The lowest BCUT2D eigenvalue weighted by Gasteiger charge is -2.45. The van der Waals surface area contributed by atoms with Crippen LogP contribution < -0.4 is 4.90 Å². The van der Waals surface area contributed by atoms with Gasteiger partial charge in [-0.05, 0) is 50.2 Å². The number of pyridine rings is 1. The average molecular weight is 288 g/mol. The Morgan fingerprint density at radius 3 is 2.81 bits per heavy atom. The van der Waals surface area contributed by atoms with E-state index in [4.69, 9.17) is 4.98 Å². The zero-order chi connectivity index (χ0) is 14.8. The Morgan fingerprint density at radius 1 is 1.29 bits per heavy atom. The first-order valence-corrected chi connectivity index (χ1v) is 8.20. The van der Waals surface area contributed by atoms with Gasteiger partial charge >= 0.3 is 5.97 Å². The Labute approximate surface area is 126 Å². The molecule has 0 bridgehead atoms. The molecular formula is C17H24N2O2. The number of hydrogen-bond donors (Lipinski definition) is 1. The van der Waals surface area contributed by atoms with Crippen LogP contribution in [0.25, 0.3) is 0 Å². The summed E-state index contributed by atoms with van der Waals surface area (Å²) < 4.78 is 0. The van der Waals surface area contributed by atoms with Crippen LogP contribution in [0.1, 0.15) is 61.5 Å². The first kappa shape index (κ1) is 14.4. The second-order valence-corrected chi connectivity index (χ2v) is 6.31. The summed E-state index contributed by atoms with van der Waals surface area (Å²) in [6.07, 6.45) is 8.47. The number of nitrogens with zero attached hydrogens (tertiary/aromatic N) is 2. The van der Waals surface area contributed by atoms with Crippen LogP contribution in [0, 0.1) is 5.92 Å². The van der Waals surface area contributed by atoms with E-state index < -0.39 is 5.97 Å². The van der Waals surface area contributed by atoms with Crippen LogP contribution in [0.15, 0.2) is 12.1 Å². The monoisotopic (exact) mass is 288 g/mol. The summed E-state index contributed by atoms with van der Waals surface area (Å²) in [5.41, 5.74) is 1.25. The predicted octanol–water partition coefficient (Wildman–Crippen LogP) is 3.50. The standard InChI is InChI=1S/C17H24N2O2/c1-2-14-10-13(17(20)21)11-16(18-14)19-9-5-7-12-6-3-4-8-15(12)19/h10-12,15H,2-9H2,1H3,(H,20,21). The molecule has 1 saturated carbocycles. The van der Waals surface area contributed by atoms with Crippen LogP contribution in [0.2, 0.25) is 0 Å². The quantitative estimate of drug-likeness (QED) is 0.925. The highest BCUT2D eigenvalue weighted by Gasteiger charge is 2.34. The maximum atomic E-state index is 11.3. The minimum Gasteiger partial charge on any atom is -0.478 e. The second kappa shape index (κ2) is 6.04. The molecule has 0 amide bonds. The highest BCUT2D eigenvalue weighted by atomic mass is 16.4. The third-order valence-corrected chi connectivity index (χ3v) is 5.01. The van der Waals surface area contributed by atoms with Crippen molar-refractivity contribution in [1.82, 2.24) is 4.98 Å². The van der Waals surface area contributed by atoms with E-state index in [0.717, 1.165) is 30.4 Å². The number of aromatic nitrogens is 1. The Kier molecular flexibility index (Phi) is 4.13. The van der Waals surface area contributed by atoms with Gasteiger partial charge in [-0.3, -0.25) is 0 Å². The molecule has 0 aromatic carbocycles. The number of carbonyl (C=O) groups is 1. The summed E-state index contributed by atoms with van der Waals surface area (Å²) in [7, 11) is 0.